The number of nitrogens with zero attached hydrogens (tertiary/aromatic N) is 2. The smallest absolute Gasteiger partial charge is 0.341 e. The number of hydrogen-bond donors (Lipinski definition) is 2. The van der Waals surface area contributed by atoms with Crippen molar-refractivity contribution in [2.75, 3.05) is 12.4 Å². The lowest BCUT2D eigenvalue weighted by molar-refractivity contribution is 0.0600. The number of aryl methyl sites for hydroxylation is 1. The van der Waals surface area contributed by atoms with Gasteiger partial charge in [0.05, 0.1) is 30.1 Å². The van der Waals surface area contributed by atoms with Gasteiger partial charge in [-0.15, -0.1) is 0 Å². The molecule has 0 amide bonds. The third kappa shape index (κ3) is 2.46. The van der Waals surface area contributed by atoms with Crippen LogP contribution in [0.4, 0.5) is 5.69 Å². The van der Waals surface area contributed by atoms with E-state index in [1.807, 2.05) is 6.92 Å². The zero-order valence-electron chi connectivity index (χ0n) is 12.4. The molecule has 21 heavy (non-hydrogen) atoms. The van der Waals surface area contributed by atoms with Gasteiger partial charge < -0.3 is 10.1 Å². The zero-order valence-corrected chi connectivity index (χ0v) is 12.4. The summed E-state index contributed by atoms with van der Waals surface area (Å²) >= 11 is 0. The van der Waals surface area contributed by atoms with Crippen molar-refractivity contribution >= 4 is 22.7 Å². The summed E-state index contributed by atoms with van der Waals surface area (Å²) in [4.78, 5) is 16.7. The Kier molecular flexibility index (Phi) is 3.77. The average Bonchev–Trinajstić information content (AvgIpc) is 3.16. The molecule has 112 valence electrons. The van der Waals surface area contributed by atoms with Crippen LogP contribution in [-0.2, 0) is 11.2 Å². The van der Waals surface area contributed by atoms with E-state index in [0.717, 1.165) is 29.6 Å². The molecule has 6 nitrogen and oxygen atoms in total. The Labute approximate surface area is 123 Å². The molecule has 1 aliphatic carbocycles. The fourth-order valence-corrected chi connectivity index (χ4v) is 3.02. The fraction of sp³-hybridized carbons (Fsp3) is 0.533. The second-order valence-corrected chi connectivity index (χ2v) is 5.41. The summed E-state index contributed by atoms with van der Waals surface area (Å²) in [5.41, 5.74) is 2.80. The summed E-state index contributed by atoms with van der Waals surface area (Å²) < 4.78 is 4.96. The molecule has 0 saturated heterocycles. The number of nitrogens with one attached hydrogen (secondary N) is 2. The second-order valence-electron chi connectivity index (χ2n) is 5.41. The fourth-order valence-electron chi connectivity index (χ4n) is 3.02. The maximum absolute atomic E-state index is 12.2. The van der Waals surface area contributed by atoms with Crippen LogP contribution in [0.3, 0.4) is 0 Å². The Hall–Kier alpha value is -2.11. The van der Waals surface area contributed by atoms with E-state index in [1.165, 1.54) is 20.0 Å². The second kappa shape index (κ2) is 5.71. The van der Waals surface area contributed by atoms with Crippen molar-refractivity contribution < 1.29 is 9.53 Å². The van der Waals surface area contributed by atoms with Gasteiger partial charge in [-0.05, 0) is 19.3 Å². The number of carbonyl (C=O) groups is 1. The summed E-state index contributed by atoms with van der Waals surface area (Å²) in [6, 6.07) is 0.401. The van der Waals surface area contributed by atoms with E-state index in [1.54, 1.807) is 6.20 Å². The number of fused-ring (bicyclic) bond motifs is 1. The first-order chi connectivity index (χ1) is 10.2. The molecule has 2 N–H and O–H groups in total. The minimum Gasteiger partial charge on any atom is -0.465 e. The first-order valence-electron chi connectivity index (χ1n) is 7.45. The molecular formula is C15H20N4O2. The highest BCUT2D eigenvalue weighted by Crippen LogP contribution is 2.32. The van der Waals surface area contributed by atoms with Crippen molar-refractivity contribution in [1.82, 2.24) is 15.2 Å². The van der Waals surface area contributed by atoms with Gasteiger partial charge in [0.25, 0.3) is 0 Å². The van der Waals surface area contributed by atoms with E-state index >= 15 is 0 Å². The number of aromatic nitrogens is 3. The molecule has 0 spiro atoms. The van der Waals surface area contributed by atoms with Gasteiger partial charge in [0, 0.05) is 6.04 Å². The van der Waals surface area contributed by atoms with Gasteiger partial charge in [-0.3, -0.25) is 5.10 Å². The van der Waals surface area contributed by atoms with Gasteiger partial charge in [0.15, 0.2) is 5.65 Å². The van der Waals surface area contributed by atoms with Gasteiger partial charge in [-0.1, -0.05) is 19.8 Å². The lowest BCUT2D eigenvalue weighted by Crippen LogP contribution is -2.19. The van der Waals surface area contributed by atoms with Gasteiger partial charge in [0.2, 0.25) is 0 Å². The standard InChI is InChI=1S/C15H20N4O2/c1-3-11-12(15(20)21-2)13(17-9-6-4-5-7-9)10-8-16-19-14(10)18-11/h8-9H,3-7H2,1-2H3,(H2,16,17,18,19). The van der Waals surface area contributed by atoms with E-state index in [9.17, 15) is 4.79 Å². The van der Waals surface area contributed by atoms with Gasteiger partial charge in [-0.25, -0.2) is 9.78 Å². The third-order valence-electron chi connectivity index (χ3n) is 4.10. The zero-order chi connectivity index (χ0) is 14.8. The number of esters is 1. The van der Waals surface area contributed by atoms with Crippen LogP contribution < -0.4 is 5.32 Å². The van der Waals surface area contributed by atoms with Crippen LogP contribution >= 0.6 is 0 Å². The predicted octanol–water partition coefficient (Wildman–Crippen LogP) is 2.66. The number of carbonyl (C=O) groups excluding carboxylic acids is 1. The lowest BCUT2D eigenvalue weighted by atomic mass is 10.1. The molecule has 0 aromatic carbocycles. The van der Waals surface area contributed by atoms with Crippen molar-refractivity contribution in [3.05, 3.63) is 17.5 Å². The van der Waals surface area contributed by atoms with E-state index in [4.69, 9.17) is 4.74 Å². The Bertz CT molecular complexity index is 659. The highest BCUT2D eigenvalue weighted by molar-refractivity contribution is 6.05. The van der Waals surface area contributed by atoms with E-state index in [2.05, 4.69) is 20.5 Å². The van der Waals surface area contributed by atoms with Crippen molar-refractivity contribution in [2.24, 2.45) is 0 Å². The quantitative estimate of drug-likeness (QED) is 0.845. The van der Waals surface area contributed by atoms with Crippen molar-refractivity contribution in [3.8, 4) is 0 Å². The molecule has 0 unspecified atom stereocenters. The average molecular weight is 288 g/mol. The normalized spacial score (nSPS) is 15.5. The number of methoxy groups -OCH3 is 1. The molecule has 1 aliphatic rings. The summed E-state index contributed by atoms with van der Waals surface area (Å²) in [5.74, 6) is -0.344. The molecule has 0 bridgehead atoms. The molecule has 1 saturated carbocycles. The largest absolute Gasteiger partial charge is 0.465 e. The van der Waals surface area contributed by atoms with Gasteiger partial charge in [-0.2, -0.15) is 5.10 Å². The number of pyridine rings is 1. The Morgan fingerprint density at radius 2 is 2.24 bits per heavy atom. The van der Waals surface area contributed by atoms with Crippen LogP contribution in [-0.4, -0.2) is 34.3 Å². The molecule has 2 aromatic rings. The molecule has 1 fully saturated rings. The number of aromatic amines is 1. The highest BCUT2D eigenvalue weighted by atomic mass is 16.5. The van der Waals surface area contributed by atoms with Crippen LogP contribution in [0.2, 0.25) is 0 Å². The number of anilines is 1. The van der Waals surface area contributed by atoms with Crippen molar-refractivity contribution in [1.29, 1.82) is 0 Å². The summed E-state index contributed by atoms with van der Waals surface area (Å²) in [6.07, 6.45) is 7.09. The van der Waals surface area contributed by atoms with Crippen LogP contribution in [0.25, 0.3) is 11.0 Å². The molecular weight excluding hydrogens is 268 g/mol. The third-order valence-corrected chi connectivity index (χ3v) is 4.10. The first kappa shape index (κ1) is 13.9. The number of hydrogen-bond acceptors (Lipinski definition) is 5. The lowest BCUT2D eigenvalue weighted by Gasteiger charge is -2.18. The molecule has 6 heteroatoms. The molecule has 0 aliphatic heterocycles. The Morgan fingerprint density at radius 3 is 2.90 bits per heavy atom. The maximum Gasteiger partial charge on any atom is 0.341 e. The molecule has 2 aromatic heterocycles. The molecule has 0 atom stereocenters. The Morgan fingerprint density at radius 1 is 1.48 bits per heavy atom. The number of ether oxygens (including phenoxy) is 1. The Balaban J connectivity index is 2.15. The number of H-pyrrole nitrogens is 1. The van der Waals surface area contributed by atoms with Crippen molar-refractivity contribution in [3.63, 3.8) is 0 Å². The van der Waals surface area contributed by atoms with Crippen LogP contribution in [0, 0.1) is 0 Å². The van der Waals surface area contributed by atoms with E-state index < -0.39 is 0 Å². The minimum atomic E-state index is -0.344. The summed E-state index contributed by atoms with van der Waals surface area (Å²) in [5, 5.41) is 11.3. The summed E-state index contributed by atoms with van der Waals surface area (Å²) in [6.45, 7) is 1.98. The predicted molar refractivity (Wildman–Crippen MR) is 80.5 cm³/mol. The summed E-state index contributed by atoms with van der Waals surface area (Å²) in [7, 11) is 1.40. The first-order valence-corrected chi connectivity index (χ1v) is 7.45. The van der Waals surface area contributed by atoms with Crippen LogP contribution in [0.15, 0.2) is 6.20 Å². The topological polar surface area (TPSA) is 79.9 Å². The van der Waals surface area contributed by atoms with E-state index in [-0.39, 0.29) is 5.97 Å². The van der Waals surface area contributed by atoms with Crippen LogP contribution in [0.1, 0.15) is 48.7 Å². The van der Waals surface area contributed by atoms with E-state index in [0.29, 0.717) is 23.7 Å². The molecule has 2 heterocycles. The molecule has 0 radical (unpaired) electrons. The monoisotopic (exact) mass is 288 g/mol. The molecule has 3 rings (SSSR count). The highest BCUT2D eigenvalue weighted by Gasteiger charge is 2.25. The number of rotatable bonds is 4. The van der Waals surface area contributed by atoms with Gasteiger partial charge >= 0.3 is 5.97 Å². The minimum absolute atomic E-state index is 0.344. The van der Waals surface area contributed by atoms with Crippen molar-refractivity contribution in [2.45, 2.75) is 45.1 Å². The van der Waals surface area contributed by atoms with Crippen LogP contribution in [0.5, 0.6) is 0 Å². The van der Waals surface area contributed by atoms with Gasteiger partial charge in [0.1, 0.15) is 5.56 Å². The maximum atomic E-state index is 12.2. The SMILES string of the molecule is CCc1nc2[nH]ncc2c(NC2CCCC2)c1C(=O)OC.